The number of anilines is 1. The highest BCUT2D eigenvalue weighted by Gasteiger charge is 2.78. The monoisotopic (exact) mass is 487 g/mol. The lowest BCUT2D eigenvalue weighted by molar-refractivity contribution is -0.149. The summed E-state index contributed by atoms with van der Waals surface area (Å²) in [4.78, 5) is 42.5. The molecule has 0 aromatic heterocycles. The van der Waals surface area contributed by atoms with E-state index in [1.54, 1.807) is 24.3 Å². The molecule has 1 aromatic rings. The molecule has 1 spiro atoms. The second-order valence-corrected chi connectivity index (χ2v) is 10.3. The highest BCUT2D eigenvalue weighted by Crippen LogP contribution is 2.63. The molecule has 3 heterocycles. The van der Waals surface area contributed by atoms with Gasteiger partial charge in [0.1, 0.15) is 17.4 Å². The van der Waals surface area contributed by atoms with Crippen molar-refractivity contribution >= 4 is 23.4 Å². The Morgan fingerprint density at radius 2 is 1.89 bits per heavy atom. The summed E-state index contributed by atoms with van der Waals surface area (Å²) in [6.45, 7) is 9.63. The number of likely N-dealkylation sites (tertiary alicyclic amines) is 1. The summed E-state index contributed by atoms with van der Waals surface area (Å²) < 4.78 is 12.0. The van der Waals surface area contributed by atoms with Crippen molar-refractivity contribution in [3.05, 3.63) is 24.3 Å². The van der Waals surface area contributed by atoms with E-state index in [0.29, 0.717) is 37.3 Å². The third-order valence-corrected chi connectivity index (χ3v) is 7.68. The molecule has 9 heteroatoms. The van der Waals surface area contributed by atoms with Crippen LogP contribution < -0.4 is 15.4 Å². The second-order valence-electron chi connectivity index (χ2n) is 10.3. The summed E-state index contributed by atoms with van der Waals surface area (Å²) in [6, 6.07) is 5.52. The predicted molar refractivity (Wildman–Crippen MR) is 130 cm³/mol. The van der Waals surface area contributed by atoms with Gasteiger partial charge in [0.2, 0.25) is 17.7 Å². The molecule has 1 aromatic carbocycles. The number of carbonyl (C=O) groups excluding carboxylic acids is 3. The van der Waals surface area contributed by atoms with Crippen molar-refractivity contribution < 1.29 is 29.0 Å². The molecule has 9 nitrogen and oxygen atoms in total. The predicted octanol–water partition coefficient (Wildman–Crippen LogP) is 2.08. The maximum atomic E-state index is 13.9. The summed E-state index contributed by atoms with van der Waals surface area (Å²) in [5.41, 5.74) is -1.37. The van der Waals surface area contributed by atoms with Crippen LogP contribution in [0.4, 0.5) is 5.69 Å². The van der Waals surface area contributed by atoms with Gasteiger partial charge >= 0.3 is 0 Å². The largest absolute Gasteiger partial charge is 0.494 e. The zero-order valence-corrected chi connectivity index (χ0v) is 21.2. The Morgan fingerprint density at radius 3 is 2.46 bits per heavy atom. The second kappa shape index (κ2) is 9.43. The average Bonchev–Trinajstić information content (AvgIpc) is 3.37. The molecular formula is C26H37N3O6. The quantitative estimate of drug-likeness (QED) is 0.491. The molecule has 35 heavy (non-hydrogen) atoms. The number of fused-ring (bicyclic) bond motifs is 1. The highest BCUT2D eigenvalue weighted by atomic mass is 16.5. The van der Waals surface area contributed by atoms with Gasteiger partial charge in [-0.05, 0) is 71.2 Å². The zero-order chi connectivity index (χ0) is 25.5. The smallest absolute Gasteiger partial charge is 0.246 e. The fraction of sp³-hybridized carbons (Fsp3) is 0.654. The summed E-state index contributed by atoms with van der Waals surface area (Å²) in [7, 11) is 0. The molecule has 3 saturated heterocycles. The van der Waals surface area contributed by atoms with E-state index >= 15 is 0 Å². The van der Waals surface area contributed by atoms with Gasteiger partial charge in [-0.2, -0.15) is 0 Å². The van der Waals surface area contributed by atoms with E-state index in [1.165, 1.54) is 4.90 Å². The van der Waals surface area contributed by atoms with Gasteiger partial charge in [-0.1, -0.05) is 6.92 Å². The maximum absolute atomic E-state index is 13.9. The van der Waals surface area contributed by atoms with Crippen LogP contribution in [0.25, 0.3) is 0 Å². The number of nitrogens with zero attached hydrogens (tertiary/aromatic N) is 1. The number of aliphatic hydroxyl groups excluding tert-OH is 1. The van der Waals surface area contributed by atoms with E-state index in [4.69, 9.17) is 9.47 Å². The van der Waals surface area contributed by atoms with E-state index in [9.17, 15) is 19.5 Å². The lowest BCUT2D eigenvalue weighted by Crippen LogP contribution is -2.58. The number of rotatable bonds is 9. The highest BCUT2D eigenvalue weighted by molar-refractivity contribution is 6.02. The number of nitrogens with one attached hydrogen (secondary N) is 2. The van der Waals surface area contributed by atoms with Crippen LogP contribution in [0.5, 0.6) is 5.75 Å². The van der Waals surface area contributed by atoms with Crippen molar-refractivity contribution in [3.8, 4) is 5.75 Å². The van der Waals surface area contributed by atoms with Crippen molar-refractivity contribution in [3.63, 3.8) is 0 Å². The van der Waals surface area contributed by atoms with E-state index in [2.05, 4.69) is 10.6 Å². The minimum absolute atomic E-state index is 0.128. The molecule has 2 bridgehead atoms. The number of aliphatic hydroxyl groups is 1. The molecule has 0 aliphatic carbocycles. The standard InChI is InChI=1S/C26H37N3O6/c1-6-17(14-30)29-21(23(32)27-15(3)4)26-13-12-25(5,35-26)19(20(26)24(29)33)22(31)28-16-8-10-18(11-9-16)34-7-2/h8-11,15,17,19-21,30H,6-7,12-14H2,1-5H3,(H,27,32)(H,28,31)/t17-,19+,20-,21?,25-,26?/m0/s1. The first-order valence-corrected chi connectivity index (χ1v) is 12.6. The molecule has 3 N–H and O–H groups in total. The fourth-order valence-electron chi connectivity index (χ4n) is 6.26. The zero-order valence-electron chi connectivity index (χ0n) is 21.2. The SMILES string of the molecule is CCOc1ccc(NC(=O)[C@H]2[C@H]3C(=O)N([C@@H](CC)CO)C(C(=O)NC(C)C)C34CC[C@]2(C)O4)cc1. The first kappa shape index (κ1) is 25.4. The molecule has 6 atom stereocenters. The molecule has 0 saturated carbocycles. The van der Waals surface area contributed by atoms with E-state index < -0.39 is 35.1 Å². The van der Waals surface area contributed by atoms with Crippen molar-refractivity contribution in [2.45, 2.75) is 83.2 Å². The molecule has 3 amide bonds. The first-order chi connectivity index (χ1) is 16.6. The first-order valence-electron chi connectivity index (χ1n) is 12.6. The van der Waals surface area contributed by atoms with Crippen LogP contribution in [-0.2, 0) is 19.1 Å². The Bertz CT molecular complexity index is 978. The van der Waals surface area contributed by atoms with Crippen molar-refractivity contribution in [2.75, 3.05) is 18.5 Å². The van der Waals surface area contributed by atoms with Crippen molar-refractivity contribution in [2.24, 2.45) is 11.8 Å². The minimum Gasteiger partial charge on any atom is -0.494 e. The van der Waals surface area contributed by atoms with E-state index in [-0.39, 0.29) is 30.4 Å². The van der Waals surface area contributed by atoms with Crippen LogP contribution >= 0.6 is 0 Å². The fourth-order valence-corrected chi connectivity index (χ4v) is 6.26. The Labute approximate surface area is 206 Å². The van der Waals surface area contributed by atoms with Crippen LogP contribution in [0.2, 0.25) is 0 Å². The van der Waals surface area contributed by atoms with Gasteiger partial charge in [-0.3, -0.25) is 14.4 Å². The number of hydrogen-bond acceptors (Lipinski definition) is 6. The molecule has 0 radical (unpaired) electrons. The molecule has 3 aliphatic heterocycles. The van der Waals surface area contributed by atoms with Crippen LogP contribution in [-0.4, -0.2) is 70.3 Å². The Kier molecular flexibility index (Phi) is 6.85. The number of ether oxygens (including phenoxy) is 2. The molecule has 3 aliphatic rings. The lowest BCUT2D eigenvalue weighted by Gasteiger charge is -2.37. The Balaban J connectivity index is 1.68. The van der Waals surface area contributed by atoms with Gasteiger partial charge in [0.05, 0.1) is 36.7 Å². The molecule has 2 unspecified atom stereocenters. The number of amides is 3. The maximum Gasteiger partial charge on any atom is 0.246 e. The Morgan fingerprint density at radius 1 is 1.20 bits per heavy atom. The molecular weight excluding hydrogens is 450 g/mol. The number of benzene rings is 1. The van der Waals surface area contributed by atoms with Crippen LogP contribution in [0.3, 0.4) is 0 Å². The third kappa shape index (κ3) is 4.08. The minimum atomic E-state index is -1.10. The van der Waals surface area contributed by atoms with Crippen LogP contribution in [0, 0.1) is 11.8 Å². The van der Waals surface area contributed by atoms with Crippen LogP contribution in [0.1, 0.15) is 53.9 Å². The molecule has 3 fully saturated rings. The summed E-state index contributed by atoms with van der Waals surface area (Å²) in [6.07, 6.45) is 1.55. The van der Waals surface area contributed by atoms with Crippen molar-refractivity contribution in [1.82, 2.24) is 10.2 Å². The number of carbonyl (C=O) groups is 3. The molecule has 192 valence electrons. The van der Waals surface area contributed by atoms with Gasteiger partial charge in [0, 0.05) is 11.7 Å². The third-order valence-electron chi connectivity index (χ3n) is 7.68. The number of hydrogen-bond donors (Lipinski definition) is 3. The van der Waals surface area contributed by atoms with Gasteiger partial charge in [-0.15, -0.1) is 0 Å². The molecule has 4 rings (SSSR count). The van der Waals surface area contributed by atoms with Gasteiger partial charge < -0.3 is 30.1 Å². The van der Waals surface area contributed by atoms with Crippen LogP contribution in [0.15, 0.2) is 24.3 Å². The topological polar surface area (TPSA) is 117 Å². The van der Waals surface area contributed by atoms with Gasteiger partial charge in [0.25, 0.3) is 0 Å². The lowest BCUT2D eigenvalue weighted by atomic mass is 9.66. The van der Waals surface area contributed by atoms with Crippen molar-refractivity contribution in [1.29, 1.82) is 0 Å². The van der Waals surface area contributed by atoms with E-state index in [0.717, 1.165) is 0 Å². The summed E-state index contributed by atoms with van der Waals surface area (Å²) in [5, 5.41) is 15.9. The summed E-state index contributed by atoms with van der Waals surface area (Å²) in [5.74, 6) is -1.77. The van der Waals surface area contributed by atoms with E-state index in [1.807, 2.05) is 34.6 Å². The Hall–Kier alpha value is -2.65. The van der Waals surface area contributed by atoms with Gasteiger partial charge in [-0.25, -0.2) is 0 Å². The summed E-state index contributed by atoms with van der Waals surface area (Å²) >= 11 is 0. The van der Waals surface area contributed by atoms with Gasteiger partial charge in [0.15, 0.2) is 0 Å². The average molecular weight is 488 g/mol. The normalized spacial score (nSPS) is 32.0.